The Hall–Kier alpha value is -1.82. The molecule has 0 aliphatic heterocycles. The van der Waals surface area contributed by atoms with E-state index in [-0.39, 0.29) is 30.7 Å². The zero-order valence-electron chi connectivity index (χ0n) is 13.0. The third kappa shape index (κ3) is 7.32. The molecule has 1 aromatic heterocycles. The first kappa shape index (κ1) is 21.2. The SMILES string of the molecule is CC(C)(N)CNC(=O)c1cc(Oc2ccccc2)ccn1.Cl.Cl. The van der Waals surface area contributed by atoms with Crippen LogP contribution in [0.3, 0.4) is 0 Å². The lowest BCUT2D eigenvalue weighted by Crippen LogP contribution is -2.45. The quantitative estimate of drug-likeness (QED) is 0.861. The molecule has 1 heterocycles. The van der Waals surface area contributed by atoms with Crippen molar-refractivity contribution < 1.29 is 9.53 Å². The molecule has 1 aromatic carbocycles. The summed E-state index contributed by atoms with van der Waals surface area (Å²) in [6, 6.07) is 12.7. The third-order valence-corrected chi connectivity index (χ3v) is 2.65. The second-order valence-electron chi connectivity index (χ2n) is 5.46. The summed E-state index contributed by atoms with van der Waals surface area (Å²) in [6.45, 7) is 4.06. The molecule has 2 aromatic rings. The summed E-state index contributed by atoms with van der Waals surface area (Å²) in [5.41, 5.74) is 5.67. The Morgan fingerprint density at radius 3 is 2.43 bits per heavy atom. The summed E-state index contributed by atoms with van der Waals surface area (Å²) in [7, 11) is 0. The molecule has 126 valence electrons. The van der Waals surface area contributed by atoms with Crippen molar-refractivity contribution in [2.45, 2.75) is 19.4 Å². The Morgan fingerprint density at radius 1 is 1.17 bits per heavy atom. The van der Waals surface area contributed by atoms with Crippen LogP contribution in [-0.4, -0.2) is 23.0 Å². The van der Waals surface area contributed by atoms with Crippen molar-refractivity contribution in [2.24, 2.45) is 5.73 Å². The number of nitrogens with one attached hydrogen (secondary N) is 1. The first-order chi connectivity index (χ1) is 9.94. The second kappa shape index (κ2) is 9.35. The molecule has 1 amide bonds. The molecule has 0 atom stereocenters. The Kier molecular flexibility index (Phi) is 8.61. The van der Waals surface area contributed by atoms with Gasteiger partial charge in [0.05, 0.1) is 0 Å². The minimum atomic E-state index is -0.464. The summed E-state index contributed by atoms with van der Waals surface area (Å²) in [6.07, 6.45) is 1.54. The maximum Gasteiger partial charge on any atom is 0.270 e. The maximum absolute atomic E-state index is 12.0. The lowest BCUT2D eigenvalue weighted by Gasteiger charge is -2.18. The summed E-state index contributed by atoms with van der Waals surface area (Å²) < 4.78 is 5.67. The summed E-state index contributed by atoms with van der Waals surface area (Å²) in [4.78, 5) is 16.1. The van der Waals surface area contributed by atoms with Crippen LogP contribution in [0.25, 0.3) is 0 Å². The van der Waals surface area contributed by atoms with E-state index in [9.17, 15) is 4.79 Å². The first-order valence-electron chi connectivity index (χ1n) is 6.70. The van der Waals surface area contributed by atoms with Gasteiger partial charge in [0.15, 0.2) is 0 Å². The number of carbonyl (C=O) groups excluding carboxylic acids is 1. The van der Waals surface area contributed by atoms with E-state index in [1.807, 2.05) is 44.2 Å². The van der Waals surface area contributed by atoms with Gasteiger partial charge in [0.25, 0.3) is 5.91 Å². The Morgan fingerprint density at radius 2 is 1.83 bits per heavy atom. The summed E-state index contributed by atoms with van der Waals surface area (Å²) >= 11 is 0. The van der Waals surface area contributed by atoms with Gasteiger partial charge in [0.1, 0.15) is 17.2 Å². The average Bonchev–Trinajstić information content (AvgIpc) is 2.45. The van der Waals surface area contributed by atoms with Crippen LogP contribution >= 0.6 is 24.8 Å². The molecular formula is C16H21Cl2N3O2. The zero-order valence-corrected chi connectivity index (χ0v) is 14.6. The van der Waals surface area contributed by atoms with Gasteiger partial charge in [-0.2, -0.15) is 0 Å². The molecule has 0 aliphatic carbocycles. The van der Waals surface area contributed by atoms with E-state index >= 15 is 0 Å². The van der Waals surface area contributed by atoms with Gasteiger partial charge in [-0.25, -0.2) is 0 Å². The average molecular weight is 358 g/mol. The highest BCUT2D eigenvalue weighted by molar-refractivity contribution is 5.92. The predicted molar refractivity (Wildman–Crippen MR) is 95.8 cm³/mol. The summed E-state index contributed by atoms with van der Waals surface area (Å²) in [5.74, 6) is 0.999. The number of hydrogen-bond donors (Lipinski definition) is 2. The van der Waals surface area contributed by atoms with Gasteiger partial charge in [-0.3, -0.25) is 9.78 Å². The molecule has 0 unspecified atom stereocenters. The molecule has 0 bridgehead atoms. The molecule has 0 spiro atoms. The van der Waals surface area contributed by atoms with Crippen LogP contribution in [0.2, 0.25) is 0 Å². The number of pyridine rings is 1. The predicted octanol–water partition coefficient (Wildman–Crippen LogP) is 3.18. The number of aromatic nitrogens is 1. The smallest absolute Gasteiger partial charge is 0.270 e. The highest BCUT2D eigenvalue weighted by Gasteiger charge is 2.14. The van der Waals surface area contributed by atoms with Crippen LogP contribution in [0.5, 0.6) is 11.5 Å². The van der Waals surface area contributed by atoms with Crippen LogP contribution in [0.1, 0.15) is 24.3 Å². The number of para-hydroxylation sites is 1. The van der Waals surface area contributed by atoms with Crippen LogP contribution in [0, 0.1) is 0 Å². The summed E-state index contributed by atoms with van der Waals surface area (Å²) in [5, 5.41) is 2.75. The normalized spacial score (nSPS) is 10.0. The lowest BCUT2D eigenvalue weighted by atomic mass is 10.1. The molecule has 0 saturated carbocycles. The van der Waals surface area contributed by atoms with Crippen molar-refractivity contribution in [2.75, 3.05) is 6.54 Å². The van der Waals surface area contributed by atoms with Crippen LogP contribution in [-0.2, 0) is 0 Å². The molecule has 0 fully saturated rings. The van der Waals surface area contributed by atoms with Gasteiger partial charge in [-0.05, 0) is 32.0 Å². The number of carbonyl (C=O) groups is 1. The number of halogens is 2. The fraction of sp³-hybridized carbons (Fsp3) is 0.250. The Labute approximate surface area is 148 Å². The molecule has 7 heteroatoms. The van der Waals surface area contributed by atoms with Crippen molar-refractivity contribution in [1.29, 1.82) is 0 Å². The minimum absolute atomic E-state index is 0. The van der Waals surface area contributed by atoms with Crippen molar-refractivity contribution in [1.82, 2.24) is 10.3 Å². The van der Waals surface area contributed by atoms with Crippen LogP contribution in [0.4, 0.5) is 0 Å². The van der Waals surface area contributed by atoms with E-state index in [2.05, 4.69) is 10.3 Å². The number of nitrogens with zero attached hydrogens (tertiary/aromatic N) is 1. The lowest BCUT2D eigenvalue weighted by molar-refractivity contribution is 0.0940. The molecule has 5 nitrogen and oxygen atoms in total. The van der Waals surface area contributed by atoms with Crippen molar-refractivity contribution in [3.8, 4) is 11.5 Å². The molecule has 3 N–H and O–H groups in total. The number of amides is 1. The largest absolute Gasteiger partial charge is 0.457 e. The van der Waals surface area contributed by atoms with E-state index in [0.717, 1.165) is 0 Å². The molecule has 2 rings (SSSR count). The van der Waals surface area contributed by atoms with Gasteiger partial charge in [-0.1, -0.05) is 18.2 Å². The number of ether oxygens (including phenoxy) is 1. The van der Waals surface area contributed by atoms with Gasteiger partial charge >= 0.3 is 0 Å². The molecule has 23 heavy (non-hydrogen) atoms. The highest BCUT2D eigenvalue weighted by atomic mass is 35.5. The van der Waals surface area contributed by atoms with E-state index < -0.39 is 5.54 Å². The highest BCUT2D eigenvalue weighted by Crippen LogP contribution is 2.20. The van der Waals surface area contributed by atoms with E-state index in [1.54, 1.807) is 18.3 Å². The van der Waals surface area contributed by atoms with E-state index in [0.29, 0.717) is 23.7 Å². The van der Waals surface area contributed by atoms with Crippen LogP contribution < -0.4 is 15.8 Å². The minimum Gasteiger partial charge on any atom is -0.457 e. The molecular weight excluding hydrogens is 337 g/mol. The molecule has 0 radical (unpaired) electrons. The number of nitrogens with two attached hydrogens (primary N) is 1. The first-order valence-corrected chi connectivity index (χ1v) is 6.70. The van der Waals surface area contributed by atoms with Crippen molar-refractivity contribution >= 4 is 30.7 Å². The van der Waals surface area contributed by atoms with E-state index in [1.165, 1.54) is 0 Å². The standard InChI is InChI=1S/C16H19N3O2.2ClH/c1-16(2,17)11-19-15(20)14-10-13(8-9-18-14)21-12-6-4-3-5-7-12;;/h3-10H,11,17H2,1-2H3,(H,19,20);2*1H. The van der Waals surface area contributed by atoms with Gasteiger partial charge < -0.3 is 15.8 Å². The number of hydrogen-bond acceptors (Lipinski definition) is 4. The fourth-order valence-corrected chi connectivity index (χ4v) is 1.62. The molecule has 0 saturated heterocycles. The third-order valence-electron chi connectivity index (χ3n) is 2.65. The Bertz CT molecular complexity index is 616. The Balaban J connectivity index is 0.00000242. The van der Waals surface area contributed by atoms with E-state index in [4.69, 9.17) is 10.5 Å². The van der Waals surface area contributed by atoms with Crippen molar-refractivity contribution in [3.63, 3.8) is 0 Å². The second-order valence-corrected chi connectivity index (χ2v) is 5.46. The fourth-order valence-electron chi connectivity index (χ4n) is 1.62. The van der Waals surface area contributed by atoms with Gasteiger partial charge in [-0.15, -0.1) is 24.8 Å². The topological polar surface area (TPSA) is 77.2 Å². The molecule has 0 aliphatic rings. The van der Waals surface area contributed by atoms with Gasteiger partial charge in [0, 0.05) is 24.3 Å². The number of rotatable bonds is 5. The monoisotopic (exact) mass is 357 g/mol. The van der Waals surface area contributed by atoms with Gasteiger partial charge in [0.2, 0.25) is 0 Å². The zero-order chi connectivity index (χ0) is 15.3. The van der Waals surface area contributed by atoms with Crippen molar-refractivity contribution in [3.05, 3.63) is 54.4 Å². The van der Waals surface area contributed by atoms with Crippen LogP contribution in [0.15, 0.2) is 48.7 Å². The number of benzene rings is 1. The maximum atomic E-state index is 12.0.